The Bertz CT molecular complexity index is 1240. The Morgan fingerprint density at radius 3 is 2.40 bits per heavy atom. The first-order valence-corrected chi connectivity index (χ1v) is 13.9. The van der Waals surface area contributed by atoms with Crippen LogP contribution in [0.3, 0.4) is 0 Å². The van der Waals surface area contributed by atoms with E-state index in [-0.39, 0.29) is 5.82 Å². The predicted molar refractivity (Wildman–Crippen MR) is 145 cm³/mol. The lowest BCUT2D eigenvalue weighted by Gasteiger charge is -2.34. The van der Waals surface area contributed by atoms with Gasteiger partial charge in [0.15, 0.2) is 0 Å². The Labute approximate surface area is 212 Å². The first-order chi connectivity index (χ1) is 17.2. The summed E-state index contributed by atoms with van der Waals surface area (Å²) in [6.07, 6.45) is 2.34. The molecule has 0 N–H and O–H groups in total. The molecule has 2 atom stereocenters. The Hall–Kier alpha value is -2.53. The van der Waals surface area contributed by atoms with E-state index in [2.05, 4.69) is 69.1 Å². The molecule has 0 amide bonds. The molecule has 2 saturated heterocycles. The van der Waals surface area contributed by atoms with Crippen LogP contribution >= 0.6 is 11.3 Å². The molecule has 2 nitrogen and oxygen atoms in total. The number of fused-ring (bicyclic) bond motifs is 1. The van der Waals surface area contributed by atoms with E-state index < -0.39 is 0 Å². The topological polar surface area (TPSA) is 6.48 Å². The smallest absolute Gasteiger partial charge is 0.123 e. The number of hydrogen-bond acceptors (Lipinski definition) is 3. The van der Waals surface area contributed by atoms with Gasteiger partial charge in [-0.2, -0.15) is 11.3 Å². The molecule has 3 aromatic carbocycles. The maximum atomic E-state index is 13.3. The van der Waals surface area contributed by atoms with Crippen molar-refractivity contribution in [1.29, 1.82) is 0 Å². The predicted octanol–water partition coefficient (Wildman–Crippen LogP) is 7.14. The number of thiophene rings is 1. The second-order valence-electron chi connectivity index (χ2n) is 10.4. The van der Waals surface area contributed by atoms with Gasteiger partial charge in [0.25, 0.3) is 0 Å². The number of halogens is 1. The molecule has 0 unspecified atom stereocenters. The van der Waals surface area contributed by atoms with E-state index in [0.717, 1.165) is 32.7 Å². The summed E-state index contributed by atoms with van der Waals surface area (Å²) in [6.45, 7) is 6.75. The number of rotatable bonds is 6. The molecule has 2 aliphatic rings. The van der Waals surface area contributed by atoms with Gasteiger partial charge in [-0.25, -0.2) is 4.39 Å². The van der Waals surface area contributed by atoms with Crippen LogP contribution in [0.15, 0.2) is 83.6 Å². The van der Waals surface area contributed by atoms with Crippen molar-refractivity contribution in [1.82, 2.24) is 9.80 Å². The van der Waals surface area contributed by atoms with Gasteiger partial charge in [-0.15, -0.1) is 0 Å². The molecule has 2 aliphatic heterocycles. The van der Waals surface area contributed by atoms with Crippen LogP contribution < -0.4 is 0 Å². The van der Waals surface area contributed by atoms with Crippen LogP contribution in [0, 0.1) is 11.7 Å². The molecule has 35 heavy (non-hydrogen) atoms. The molecule has 6 rings (SSSR count). The quantitative estimate of drug-likeness (QED) is 0.287. The number of likely N-dealkylation sites (tertiary alicyclic amines) is 2. The van der Waals surface area contributed by atoms with E-state index in [9.17, 15) is 4.39 Å². The number of hydrogen-bond donors (Lipinski definition) is 0. The summed E-state index contributed by atoms with van der Waals surface area (Å²) in [5.74, 6) is 1.68. The van der Waals surface area contributed by atoms with Gasteiger partial charge in [0, 0.05) is 32.1 Å². The molecule has 0 aliphatic carbocycles. The fourth-order valence-corrected chi connectivity index (χ4v) is 7.05. The summed E-state index contributed by atoms with van der Waals surface area (Å²) >= 11 is 1.82. The third-order valence-corrected chi connectivity index (χ3v) is 8.89. The Morgan fingerprint density at radius 1 is 0.800 bits per heavy atom. The van der Waals surface area contributed by atoms with Crippen LogP contribution in [0.4, 0.5) is 4.39 Å². The third kappa shape index (κ3) is 5.06. The highest BCUT2D eigenvalue weighted by Crippen LogP contribution is 2.37. The molecule has 180 valence electrons. The summed E-state index contributed by atoms with van der Waals surface area (Å²) < 4.78 is 13.3. The van der Waals surface area contributed by atoms with E-state index in [1.54, 1.807) is 12.1 Å². The minimum absolute atomic E-state index is 0.139. The van der Waals surface area contributed by atoms with Gasteiger partial charge in [-0.3, -0.25) is 4.90 Å². The highest BCUT2D eigenvalue weighted by Gasteiger charge is 2.36. The molecule has 0 saturated carbocycles. The average Bonchev–Trinajstić information content (AvgIpc) is 3.56. The molecular weight excluding hydrogens is 451 g/mol. The fraction of sp³-hybridized carbons (Fsp3) is 0.355. The Balaban J connectivity index is 1.13. The normalized spacial score (nSPS) is 22.2. The summed E-state index contributed by atoms with van der Waals surface area (Å²) in [7, 11) is 0. The van der Waals surface area contributed by atoms with Crippen molar-refractivity contribution in [2.24, 2.45) is 5.92 Å². The summed E-state index contributed by atoms with van der Waals surface area (Å²) in [4.78, 5) is 5.37. The fourth-order valence-electron chi connectivity index (χ4n) is 6.33. The van der Waals surface area contributed by atoms with Crippen LogP contribution in [0.1, 0.15) is 41.4 Å². The average molecular weight is 485 g/mol. The van der Waals surface area contributed by atoms with E-state index in [0.29, 0.717) is 17.8 Å². The maximum absolute atomic E-state index is 13.3. The van der Waals surface area contributed by atoms with E-state index in [1.165, 1.54) is 46.8 Å². The molecule has 4 aromatic rings. The van der Waals surface area contributed by atoms with Crippen molar-refractivity contribution in [3.05, 3.63) is 106 Å². The van der Waals surface area contributed by atoms with E-state index in [1.807, 2.05) is 23.5 Å². The minimum atomic E-state index is -0.139. The van der Waals surface area contributed by atoms with Crippen LogP contribution in [0.5, 0.6) is 0 Å². The van der Waals surface area contributed by atoms with Crippen molar-refractivity contribution in [2.45, 2.75) is 31.2 Å². The molecule has 0 radical (unpaired) electrons. The molecule has 0 spiro atoms. The first-order valence-electron chi connectivity index (χ1n) is 12.9. The SMILES string of the molecule is Fc1ccc(C2CCN(C[C@@H]3CN(Cc4cccc5ccccc45)C[C@H]3c3ccsc3)CC2)cc1. The van der Waals surface area contributed by atoms with Crippen molar-refractivity contribution >= 4 is 22.1 Å². The number of nitrogens with zero attached hydrogens (tertiary/aromatic N) is 2. The van der Waals surface area contributed by atoms with Crippen molar-refractivity contribution in [3.8, 4) is 0 Å². The molecule has 0 bridgehead atoms. The van der Waals surface area contributed by atoms with E-state index in [4.69, 9.17) is 0 Å². The third-order valence-electron chi connectivity index (χ3n) is 8.18. The first kappa shape index (κ1) is 22.9. The lowest BCUT2D eigenvalue weighted by atomic mass is 9.87. The van der Waals surface area contributed by atoms with Gasteiger partial charge in [0.2, 0.25) is 0 Å². The van der Waals surface area contributed by atoms with Crippen LogP contribution in [-0.4, -0.2) is 42.5 Å². The molecule has 3 heterocycles. The Morgan fingerprint density at radius 2 is 1.60 bits per heavy atom. The van der Waals surface area contributed by atoms with Crippen molar-refractivity contribution < 1.29 is 4.39 Å². The van der Waals surface area contributed by atoms with Crippen molar-refractivity contribution in [3.63, 3.8) is 0 Å². The van der Waals surface area contributed by atoms with Crippen molar-refractivity contribution in [2.75, 3.05) is 32.7 Å². The highest BCUT2D eigenvalue weighted by atomic mass is 32.1. The lowest BCUT2D eigenvalue weighted by molar-refractivity contribution is 0.177. The highest BCUT2D eigenvalue weighted by molar-refractivity contribution is 7.08. The Kier molecular flexibility index (Phi) is 6.69. The van der Waals surface area contributed by atoms with Gasteiger partial charge in [0.05, 0.1) is 0 Å². The number of piperidine rings is 1. The zero-order chi connectivity index (χ0) is 23.6. The van der Waals surface area contributed by atoms with Gasteiger partial charge in [-0.05, 0) is 94.2 Å². The number of benzene rings is 3. The zero-order valence-electron chi connectivity index (χ0n) is 20.2. The zero-order valence-corrected chi connectivity index (χ0v) is 21.0. The molecular formula is C31H33FN2S. The monoisotopic (exact) mass is 484 g/mol. The molecule has 2 fully saturated rings. The lowest BCUT2D eigenvalue weighted by Crippen LogP contribution is -2.38. The maximum Gasteiger partial charge on any atom is 0.123 e. The van der Waals surface area contributed by atoms with Crippen LogP contribution in [0.25, 0.3) is 10.8 Å². The van der Waals surface area contributed by atoms with Gasteiger partial charge < -0.3 is 4.90 Å². The second-order valence-corrected chi connectivity index (χ2v) is 11.2. The summed E-state index contributed by atoms with van der Waals surface area (Å²) in [6, 6.07) is 25.0. The van der Waals surface area contributed by atoms with Crippen LogP contribution in [-0.2, 0) is 6.54 Å². The second kappa shape index (κ2) is 10.2. The van der Waals surface area contributed by atoms with Gasteiger partial charge >= 0.3 is 0 Å². The summed E-state index contributed by atoms with van der Waals surface area (Å²) in [5, 5.41) is 7.31. The van der Waals surface area contributed by atoms with Crippen LogP contribution in [0.2, 0.25) is 0 Å². The standard InChI is InChI=1S/C31H33FN2S/c32-29-10-8-23(9-11-29)24-12-15-33(16-13-24)19-28-20-34(21-31(28)27-14-17-35-22-27)18-26-6-3-5-25-4-1-2-7-30(25)26/h1-11,14,17,22,24,28,31H,12-13,15-16,18-21H2/t28-,31+/m1/s1. The van der Waals surface area contributed by atoms with E-state index >= 15 is 0 Å². The summed E-state index contributed by atoms with van der Waals surface area (Å²) in [5.41, 5.74) is 4.25. The molecule has 4 heteroatoms. The van der Waals surface area contributed by atoms with Gasteiger partial charge in [0.1, 0.15) is 5.82 Å². The molecule has 1 aromatic heterocycles. The van der Waals surface area contributed by atoms with Gasteiger partial charge in [-0.1, -0.05) is 54.6 Å². The minimum Gasteiger partial charge on any atom is -0.303 e. The largest absolute Gasteiger partial charge is 0.303 e.